The fourth-order valence-electron chi connectivity index (χ4n) is 2.32. The Balaban J connectivity index is 0.00000220. The van der Waals surface area contributed by atoms with Crippen molar-refractivity contribution in [1.29, 1.82) is 0 Å². The van der Waals surface area contributed by atoms with Crippen molar-refractivity contribution in [2.45, 2.75) is 6.04 Å². The standard InChI is InChI=1S/C14H20ClN3O2.2ClH/c1-20-10-13(16)14(19)18-8-6-17(7-9-18)12-4-2-11(15)3-5-12;;/h2-5,13H,6-10,16H2,1H3;2*1H. The van der Waals surface area contributed by atoms with Crippen LogP contribution in [-0.4, -0.2) is 56.7 Å². The van der Waals surface area contributed by atoms with E-state index < -0.39 is 6.04 Å². The number of nitrogens with two attached hydrogens (primary N) is 1. The summed E-state index contributed by atoms with van der Waals surface area (Å²) in [5.74, 6) is -0.0393. The molecule has 0 aromatic heterocycles. The fourth-order valence-corrected chi connectivity index (χ4v) is 2.45. The third-order valence-electron chi connectivity index (χ3n) is 3.45. The Kier molecular flexibility index (Phi) is 9.80. The fraction of sp³-hybridized carbons (Fsp3) is 0.500. The molecule has 2 N–H and O–H groups in total. The molecule has 5 nitrogen and oxygen atoms in total. The Bertz CT molecular complexity index is 451. The van der Waals surface area contributed by atoms with Gasteiger partial charge in [0.15, 0.2) is 0 Å². The van der Waals surface area contributed by atoms with Crippen LogP contribution in [0.1, 0.15) is 0 Å². The number of ether oxygens (including phenoxy) is 1. The van der Waals surface area contributed by atoms with Crippen LogP contribution in [0.2, 0.25) is 5.02 Å². The predicted octanol–water partition coefficient (Wildman–Crippen LogP) is 1.81. The highest BCUT2D eigenvalue weighted by molar-refractivity contribution is 6.30. The van der Waals surface area contributed by atoms with Gasteiger partial charge in [-0.05, 0) is 24.3 Å². The molecule has 1 fully saturated rings. The van der Waals surface area contributed by atoms with Gasteiger partial charge in [-0.2, -0.15) is 0 Å². The minimum Gasteiger partial charge on any atom is -0.383 e. The molecule has 1 atom stereocenters. The number of hydrogen-bond donors (Lipinski definition) is 1. The molecular weight excluding hydrogens is 349 g/mol. The molecule has 126 valence electrons. The van der Waals surface area contributed by atoms with Crippen molar-refractivity contribution in [2.24, 2.45) is 5.73 Å². The predicted molar refractivity (Wildman–Crippen MR) is 94.6 cm³/mol. The van der Waals surface area contributed by atoms with Crippen LogP contribution in [0.3, 0.4) is 0 Å². The highest BCUT2D eigenvalue weighted by atomic mass is 35.5. The molecule has 22 heavy (non-hydrogen) atoms. The summed E-state index contributed by atoms with van der Waals surface area (Å²) >= 11 is 5.88. The van der Waals surface area contributed by atoms with Crippen molar-refractivity contribution < 1.29 is 9.53 Å². The van der Waals surface area contributed by atoms with Crippen LogP contribution in [0, 0.1) is 0 Å². The van der Waals surface area contributed by atoms with E-state index in [1.807, 2.05) is 24.3 Å². The number of nitrogens with zero attached hydrogens (tertiary/aromatic N) is 2. The van der Waals surface area contributed by atoms with Crippen molar-refractivity contribution in [2.75, 3.05) is 44.8 Å². The van der Waals surface area contributed by atoms with E-state index in [4.69, 9.17) is 22.1 Å². The summed E-state index contributed by atoms with van der Waals surface area (Å²) in [5.41, 5.74) is 6.90. The van der Waals surface area contributed by atoms with Crippen LogP contribution in [0.25, 0.3) is 0 Å². The van der Waals surface area contributed by atoms with Gasteiger partial charge in [-0.3, -0.25) is 4.79 Å². The number of halogens is 3. The zero-order valence-electron chi connectivity index (χ0n) is 12.4. The third kappa shape index (κ3) is 5.48. The van der Waals surface area contributed by atoms with Gasteiger partial charge in [0, 0.05) is 44.0 Å². The smallest absolute Gasteiger partial charge is 0.241 e. The molecule has 2 rings (SSSR count). The Morgan fingerprint density at radius 2 is 1.77 bits per heavy atom. The number of anilines is 1. The second-order valence-electron chi connectivity index (χ2n) is 4.85. The maximum absolute atomic E-state index is 12.1. The van der Waals surface area contributed by atoms with Crippen molar-refractivity contribution in [3.8, 4) is 0 Å². The third-order valence-corrected chi connectivity index (χ3v) is 3.70. The zero-order valence-corrected chi connectivity index (χ0v) is 14.8. The molecule has 1 aromatic rings. The van der Waals surface area contributed by atoms with Gasteiger partial charge < -0.3 is 20.3 Å². The average molecular weight is 371 g/mol. The molecule has 0 spiro atoms. The van der Waals surface area contributed by atoms with Crippen LogP contribution < -0.4 is 10.6 Å². The van der Waals surface area contributed by atoms with Crippen LogP contribution in [0.15, 0.2) is 24.3 Å². The molecule has 0 bridgehead atoms. The lowest BCUT2D eigenvalue weighted by molar-refractivity contribution is -0.134. The summed E-state index contributed by atoms with van der Waals surface area (Å²) in [5, 5.41) is 0.730. The van der Waals surface area contributed by atoms with Gasteiger partial charge in [0.2, 0.25) is 5.91 Å². The molecular formula is C14H22Cl3N3O2. The van der Waals surface area contributed by atoms with Crippen LogP contribution in [0.5, 0.6) is 0 Å². The zero-order chi connectivity index (χ0) is 14.5. The van der Waals surface area contributed by atoms with Crippen molar-refractivity contribution in [3.63, 3.8) is 0 Å². The van der Waals surface area contributed by atoms with E-state index in [-0.39, 0.29) is 37.3 Å². The topological polar surface area (TPSA) is 58.8 Å². The van der Waals surface area contributed by atoms with Gasteiger partial charge in [-0.25, -0.2) is 0 Å². The molecule has 1 aromatic carbocycles. The first kappa shape index (κ1) is 21.3. The summed E-state index contributed by atoms with van der Waals surface area (Å²) in [7, 11) is 1.55. The highest BCUT2D eigenvalue weighted by Gasteiger charge is 2.25. The molecule has 1 unspecified atom stereocenters. The Morgan fingerprint density at radius 1 is 1.23 bits per heavy atom. The first-order valence-corrected chi connectivity index (χ1v) is 7.03. The monoisotopic (exact) mass is 369 g/mol. The Hall–Kier alpha value is -0.720. The van der Waals surface area contributed by atoms with E-state index in [1.54, 1.807) is 12.0 Å². The second kappa shape index (κ2) is 10.1. The van der Waals surface area contributed by atoms with Gasteiger partial charge in [-0.15, -0.1) is 24.8 Å². The number of benzene rings is 1. The molecule has 0 saturated carbocycles. The Labute approximate surface area is 148 Å². The number of carbonyl (C=O) groups is 1. The minimum atomic E-state index is -0.568. The minimum absolute atomic E-state index is 0. The first-order chi connectivity index (χ1) is 9.61. The molecule has 0 radical (unpaired) electrons. The summed E-state index contributed by atoms with van der Waals surface area (Å²) in [6.07, 6.45) is 0. The lowest BCUT2D eigenvalue weighted by Gasteiger charge is -2.37. The lowest BCUT2D eigenvalue weighted by atomic mass is 10.2. The molecule has 1 aliphatic heterocycles. The van der Waals surface area contributed by atoms with Gasteiger partial charge >= 0.3 is 0 Å². The quantitative estimate of drug-likeness (QED) is 0.878. The highest BCUT2D eigenvalue weighted by Crippen LogP contribution is 2.19. The summed E-state index contributed by atoms with van der Waals surface area (Å²) in [6.45, 7) is 3.22. The lowest BCUT2D eigenvalue weighted by Crippen LogP contribution is -2.54. The molecule has 1 amide bonds. The van der Waals surface area contributed by atoms with E-state index in [9.17, 15) is 4.79 Å². The van der Waals surface area contributed by atoms with Gasteiger partial charge in [0.05, 0.1) is 6.61 Å². The van der Waals surface area contributed by atoms with Gasteiger partial charge in [0.1, 0.15) is 6.04 Å². The van der Waals surface area contributed by atoms with E-state index in [0.29, 0.717) is 13.1 Å². The van der Waals surface area contributed by atoms with E-state index in [0.717, 1.165) is 23.8 Å². The number of piperazine rings is 1. The summed E-state index contributed by atoms with van der Waals surface area (Å²) < 4.78 is 4.92. The SMILES string of the molecule is COCC(N)C(=O)N1CCN(c2ccc(Cl)cc2)CC1.Cl.Cl. The first-order valence-electron chi connectivity index (χ1n) is 6.65. The number of hydrogen-bond acceptors (Lipinski definition) is 4. The van der Waals surface area contributed by atoms with Crippen LogP contribution in [0.4, 0.5) is 5.69 Å². The van der Waals surface area contributed by atoms with Crippen molar-refractivity contribution in [1.82, 2.24) is 4.90 Å². The van der Waals surface area contributed by atoms with Crippen LogP contribution >= 0.6 is 36.4 Å². The van der Waals surface area contributed by atoms with Crippen molar-refractivity contribution >= 4 is 48.0 Å². The molecule has 8 heteroatoms. The maximum Gasteiger partial charge on any atom is 0.241 e. The second-order valence-corrected chi connectivity index (χ2v) is 5.29. The molecule has 1 heterocycles. The summed E-state index contributed by atoms with van der Waals surface area (Å²) in [4.78, 5) is 16.1. The van der Waals surface area contributed by atoms with Gasteiger partial charge in [0.25, 0.3) is 0 Å². The van der Waals surface area contributed by atoms with E-state index >= 15 is 0 Å². The largest absolute Gasteiger partial charge is 0.383 e. The van der Waals surface area contributed by atoms with Crippen molar-refractivity contribution in [3.05, 3.63) is 29.3 Å². The van der Waals surface area contributed by atoms with Gasteiger partial charge in [-0.1, -0.05) is 11.6 Å². The number of methoxy groups -OCH3 is 1. The molecule has 1 aliphatic rings. The maximum atomic E-state index is 12.1. The average Bonchev–Trinajstić information content (AvgIpc) is 2.48. The summed E-state index contributed by atoms with van der Waals surface area (Å²) in [6, 6.07) is 7.18. The molecule has 1 saturated heterocycles. The van der Waals surface area contributed by atoms with E-state index in [2.05, 4.69) is 4.90 Å². The Morgan fingerprint density at radius 3 is 2.27 bits per heavy atom. The number of rotatable bonds is 4. The normalized spacial score (nSPS) is 15.6. The number of amides is 1. The van der Waals surface area contributed by atoms with Crippen LogP contribution in [-0.2, 0) is 9.53 Å². The molecule has 0 aliphatic carbocycles. The van der Waals surface area contributed by atoms with E-state index in [1.165, 1.54) is 0 Å². The number of carbonyl (C=O) groups excluding carboxylic acids is 1.